The van der Waals surface area contributed by atoms with E-state index in [0.717, 1.165) is 35.2 Å². The number of aryl methyl sites for hydroxylation is 1. The molecule has 2 bridgehead atoms. The summed E-state index contributed by atoms with van der Waals surface area (Å²) in [6.07, 6.45) is 11.5. The summed E-state index contributed by atoms with van der Waals surface area (Å²) in [5, 5.41) is 12.2. The third kappa shape index (κ3) is 3.68. The van der Waals surface area contributed by atoms with Gasteiger partial charge in [-0.3, -0.25) is 14.6 Å². The number of H-pyrrole nitrogens is 2. The van der Waals surface area contributed by atoms with Gasteiger partial charge in [-0.25, -0.2) is 9.97 Å². The second kappa shape index (κ2) is 9.07. The van der Waals surface area contributed by atoms with E-state index in [4.69, 9.17) is 10.7 Å². The van der Waals surface area contributed by atoms with Gasteiger partial charge in [-0.15, -0.1) is 10.2 Å². The van der Waals surface area contributed by atoms with E-state index in [1.54, 1.807) is 24.8 Å². The number of hydrogen-bond acceptors (Lipinski definition) is 9. The molecule has 0 aliphatic carbocycles. The molecule has 3 atom stereocenters. The molecule has 2 aliphatic rings. The fourth-order valence-corrected chi connectivity index (χ4v) is 6.42. The van der Waals surface area contributed by atoms with Crippen molar-refractivity contribution in [2.45, 2.75) is 57.5 Å². The molecule has 5 aromatic heterocycles. The Morgan fingerprint density at radius 2 is 1.90 bits per heavy atom. The zero-order valence-corrected chi connectivity index (χ0v) is 22.0. The number of ketones is 1. The molecule has 7 rings (SSSR count). The van der Waals surface area contributed by atoms with Crippen molar-refractivity contribution < 1.29 is 9.59 Å². The lowest BCUT2D eigenvalue weighted by Crippen LogP contribution is -2.46. The van der Waals surface area contributed by atoms with Crippen molar-refractivity contribution in [1.29, 1.82) is 0 Å². The minimum absolute atomic E-state index is 0.0192. The number of carbonyl (C=O) groups is 2. The highest BCUT2D eigenvalue weighted by Crippen LogP contribution is 2.45. The molecule has 2 aliphatic heterocycles. The lowest BCUT2D eigenvalue weighted by atomic mass is 9.85. The number of rotatable bonds is 5. The van der Waals surface area contributed by atoms with E-state index in [2.05, 4.69) is 35.2 Å². The number of nitrogens with two attached hydrogens (primary N) is 1. The molecule has 1 unspecified atom stereocenters. The first kappa shape index (κ1) is 24.1. The quantitative estimate of drug-likeness (QED) is 0.284. The predicted molar refractivity (Wildman–Crippen MR) is 144 cm³/mol. The van der Waals surface area contributed by atoms with Crippen LogP contribution in [0.4, 0.5) is 5.82 Å². The van der Waals surface area contributed by atoms with Crippen LogP contribution in [0.15, 0.2) is 37.2 Å². The minimum Gasteiger partial charge on any atom is -0.383 e. The average molecular weight is 538 g/mol. The fraction of sp³-hybridized carbons (Fsp3) is 0.333. The van der Waals surface area contributed by atoms with Crippen molar-refractivity contribution in [3.63, 3.8) is 0 Å². The van der Waals surface area contributed by atoms with Gasteiger partial charge in [-0.05, 0) is 51.2 Å². The van der Waals surface area contributed by atoms with Gasteiger partial charge in [0.05, 0.1) is 17.5 Å². The largest absolute Gasteiger partial charge is 0.383 e. The Balaban J connectivity index is 1.28. The standard InChI is InChI=1S/C27H27N11O2/c1-13-7-16(10-31-21(13)24-29-5-6-30-24)19-11-34-38-23(28)20(14(2)39)22(35-26(19)38)15-8-17-3-4-18(9-15)37(17)27(40)25-32-12-33-36-25/h5-7,10-12,15,17-18H,3-4,8-9,28H2,1-2H3,(H,29,30)(H,32,33,36)/t15?,17-,18+. The van der Waals surface area contributed by atoms with Crippen molar-refractivity contribution in [2.24, 2.45) is 0 Å². The SMILES string of the molecule is CC(=O)c1c(C2C[C@H]3CC[C@@H](C2)N3C(=O)c2nnc[nH]2)nc2c(-c3cnc(-c4ncc[nH]4)c(C)c3)cnn2c1N. The second-order valence-electron chi connectivity index (χ2n) is 10.5. The second-order valence-corrected chi connectivity index (χ2v) is 10.5. The molecule has 1 amide bonds. The van der Waals surface area contributed by atoms with E-state index in [-0.39, 0.29) is 41.3 Å². The Morgan fingerprint density at radius 3 is 2.55 bits per heavy atom. The topological polar surface area (TPSA) is 177 Å². The molecule has 7 heterocycles. The number of amides is 1. The van der Waals surface area contributed by atoms with Gasteiger partial charge in [0.25, 0.3) is 5.91 Å². The fourth-order valence-electron chi connectivity index (χ4n) is 6.42. The summed E-state index contributed by atoms with van der Waals surface area (Å²) in [4.78, 5) is 47.9. The van der Waals surface area contributed by atoms with Gasteiger partial charge < -0.3 is 20.6 Å². The first-order valence-corrected chi connectivity index (χ1v) is 13.2. The predicted octanol–water partition coefficient (Wildman–Crippen LogP) is 2.94. The van der Waals surface area contributed by atoms with E-state index in [1.807, 2.05) is 17.9 Å². The number of imidazole rings is 1. The smallest absolute Gasteiger partial charge is 0.292 e. The molecule has 202 valence electrons. The van der Waals surface area contributed by atoms with E-state index in [0.29, 0.717) is 35.6 Å². The van der Waals surface area contributed by atoms with Crippen molar-refractivity contribution >= 4 is 23.2 Å². The van der Waals surface area contributed by atoms with Crippen LogP contribution in [0.3, 0.4) is 0 Å². The van der Waals surface area contributed by atoms with Gasteiger partial charge in [0.1, 0.15) is 17.8 Å². The van der Waals surface area contributed by atoms with Crippen molar-refractivity contribution in [3.8, 4) is 22.6 Å². The molecule has 5 aromatic rings. The lowest BCUT2D eigenvalue weighted by Gasteiger charge is -2.38. The number of anilines is 1. The Labute approximate surface area is 228 Å². The van der Waals surface area contributed by atoms with Crippen LogP contribution in [0, 0.1) is 6.92 Å². The Bertz CT molecular complexity index is 1740. The summed E-state index contributed by atoms with van der Waals surface area (Å²) in [5.74, 6) is 0.871. The van der Waals surface area contributed by atoms with Crippen molar-refractivity contribution in [2.75, 3.05) is 5.73 Å². The van der Waals surface area contributed by atoms with Gasteiger partial charge in [-0.1, -0.05) is 0 Å². The average Bonchev–Trinajstić information content (AvgIpc) is 3.75. The van der Waals surface area contributed by atoms with Gasteiger partial charge in [-0.2, -0.15) is 9.61 Å². The molecule has 2 saturated heterocycles. The maximum Gasteiger partial charge on any atom is 0.292 e. The van der Waals surface area contributed by atoms with Gasteiger partial charge in [0.15, 0.2) is 17.3 Å². The lowest BCUT2D eigenvalue weighted by molar-refractivity contribution is 0.0556. The molecule has 4 N–H and O–H groups in total. The molecule has 0 aromatic carbocycles. The number of nitrogens with one attached hydrogen (secondary N) is 2. The number of nitrogen functional groups attached to an aromatic ring is 1. The van der Waals surface area contributed by atoms with E-state index in [9.17, 15) is 9.59 Å². The van der Waals surface area contributed by atoms with Gasteiger partial charge >= 0.3 is 0 Å². The Kier molecular flexibility index (Phi) is 5.47. The number of piperidine rings is 1. The summed E-state index contributed by atoms with van der Waals surface area (Å²) >= 11 is 0. The van der Waals surface area contributed by atoms with E-state index >= 15 is 0 Å². The monoisotopic (exact) mass is 537 g/mol. The van der Waals surface area contributed by atoms with Crippen molar-refractivity contribution in [3.05, 3.63) is 59.8 Å². The maximum atomic E-state index is 13.1. The molecular formula is C27H27N11O2. The van der Waals surface area contributed by atoms with Crippen LogP contribution in [0.5, 0.6) is 0 Å². The number of hydrogen-bond donors (Lipinski definition) is 3. The third-order valence-corrected chi connectivity index (χ3v) is 8.15. The molecule has 40 heavy (non-hydrogen) atoms. The zero-order chi connectivity index (χ0) is 27.5. The van der Waals surface area contributed by atoms with Crippen LogP contribution >= 0.6 is 0 Å². The molecule has 0 saturated carbocycles. The summed E-state index contributed by atoms with van der Waals surface area (Å²) in [6, 6.07) is 2.06. The number of aromatic nitrogens is 9. The highest BCUT2D eigenvalue weighted by molar-refractivity contribution is 6.00. The number of carbonyl (C=O) groups excluding carboxylic acids is 2. The molecule has 0 spiro atoms. The maximum absolute atomic E-state index is 13.1. The Hall–Kier alpha value is -4.94. The number of aromatic amines is 2. The highest BCUT2D eigenvalue weighted by Gasteiger charge is 2.45. The van der Waals surface area contributed by atoms with Gasteiger partial charge in [0.2, 0.25) is 5.82 Å². The van der Waals surface area contributed by atoms with Gasteiger partial charge in [0, 0.05) is 47.7 Å². The Morgan fingerprint density at radius 1 is 1.10 bits per heavy atom. The first-order chi connectivity index (χ1) is 19.4. The zero-order valence-electron chi connectivity index (χ0n) is 22.0. The normalized spacial score (nSPS) is 20.4. The number of fused-ring (bicyclic) bond motifs is 3. The van der Waals surface area contributed by atoms with Crippen LogP contribution < -0.4 is 5.73 Å². The summed E-state index contributed by atoms with van der Waals surface area (Å²) in [7, 11) is 0. The molecule has 0 radical (unpaired) electrons. The number of Topliss-reactive ketones (excluding diaryl/α,β-unsaturated/α-hetero) is 1. The number of nitrogens with zero attached hydrogens (tertiary/aromatic N) is 8. The van der Waals surface area contributed by atoms with Crippen LogP contribution in [-0.4, -0.2) is 73.4 Å². The summed E-state index contributed by atoms with van der Waals surface area (Å²) < 4.78 is 1.53. The molecular weight excluding hydrogens is 510 g/mol. The minimum atomic E-state index is -0.160. The summed E-state index contributed by atoms with van der Waals surface area (Å²) in [6.45, 7) is 3.48. The van der Waals surface area contributed by atoms with Crippen LogP contribution in [-0.2, 0) is 0 Å². The first-order valence-electron chi connectivity index (χ1n) is 13.2. The third-order valence-electron chi connectivity index (χ3n) is 8.15. The van der Waals surface area contributed by atoms with Crippen LogP contribution in [0.1, 0.15) is 70.8 Å². The number of pyridine rings is 1. The molecule has 13 heteroatoms. The van der Waals surface area contributed by atoms with E-state index < -0.39 is 0 Å². The summed E-state index contributed by atoms with van der Waals surface area (Å²) in [5.41, 5.74) is 11.5. The van der Waals surface area contributed by atoms with Crippen molar-refractivity contribution in [1.82, 2.24) is 49.6 Å². The van der Waals surface area contributed by atoms with E-state index in [1.165, 1.54) is 17.8 Å². The molecule has 13 nitrogen and oxygen atoms in total. The van der Waals surface area contributed by atoms with Crippen LogP contribution in [0.25, 0.3) is 28.3 Å². The highest BCUT2D eigenvalue weighted by atomic mass is 16.2. The molecule has 2 fully saturated rings. The van der Waals surface area contributed by atoms with Crippen LogP contribution in [0.2, 0.25) is 0 Å².